The Morgan fingerprint density at radius 3 is 2.49 bits per heavy atom. The summed E-state index contributed by atoms with van der Waals surface area (Å²) in [6.45, 7) is 1.42. The second-order valence-corrected chi connectivity index (χ2v) is 11.3. The van der Waals surface area contributed by atoms with Crippen LogP contribution in [0.25, 0.3) is 11.8 Å². The van der Waals surface area contributed by atoms with Gasteiger partial charge in [-0.05, 0) is 90.4 Å². The molecule has 2 aliphatic rings. The first-order valence-electron chi connectivity index (χ1n) is 14.6. The normalized spacial score (nSPS) is 14.8. The molecule has 0 spiro atoms. The Bertz CT molecular complexity index is 1830. The summed E-state index contributed by atoms with van der Waals surface area (Å²) in [4.78, 5) is 27.2. The van der Waals surface area contributed by atoms with Crippen molar-refractivity contribution in [3.63, 3.8) is 0 Å². The lowest BCUT2D eigenvalue weighted by molar-refractivity contribution is -0.129. The molecular weight excluding hydrogens is 585 g/mol. The number of nitrogens with two attached hydrogens (primary N) is 1. The smallest absolute Gasteiger partial charge is 0.387 e. The monoisotopic (exact) mass is 616 g/mol. The lowest BCUT2D eigenvalue weighted by Gasteiger charge is -2.32. The number of amides is 1. The third-order valence-electron chi connectivity index (χ3n) is 8.38. The average Bonchev–Trinajstić information content (AvgIpc) is 3.60. The van der Waals surface area contributed by atoms with Crippen molar-refractivity contribution in [2.24, 2.45) is 0 Å². The van der Waals surface area contributed by atoms with Crippen LogP contribution in [0.3, 0.4) is 0 Å². The van der Waals surface area contributed by atoms with Crippen molar-refractivity contribution in [1.82, 2.24) is 14.7 Å². The lowest BCUT2D eigenvalue weighted by atomic mass is 9.87. The van der Waals surface area contributed by atoms with Gasteiger partial charge in [-0.1, -0.05) is 18.2 Å². The van der Waals surface area contributed by atoms with Gasteiger partial charge in [-0.2, -0.15) is 13.9 Å². The Balaban J connectivity index is 1.22. The number of rotatable bonds is 8. The van der Waals surface area contributed by atoms with Gasteiger partial charge in [0.15, 0.2) is 17.3 Å². The first kappa shape index (κ1) is 30.0. The van der Waals surface area contributed by atoms with Crippen LogP contribution in [0.15, 0.2) is 66.4 Å². The molecule has 1 saturated heterocycles. The van der Waals surface area contributed by atoms with Gasteiger partial charge in [0.25, 0.3) is 0 Å². The summed E-state index contributed by atoms with van der Waals surface area (Å²) in [5, 5.41) is 4.37. The molecule has 1 amide bonds. The molecule has 0 atom stereocenters. The summed E-state index contributed by atoms with van der Waals surface area (Å²) in [5.41, 5.74) is 10.6. The van der Waals surface area contributed by atoms with Crippen LogP contribution in [0.5, 0.6) is 17.2 Å². The number of aryl methyl sites for hydroxylation is 1. The van der Waals surface area contributed by atoms with Crippen LogP contribution in [0.1, 0.15) is 58.3 Å². The molecule has 1 aromatic heterocycles. The number of allylic oxidation sites excluding steroid dienone is 1. The Labute approximate surface area is 257 Å². The number of carbonyl (C=O) groups is 2. The molecule has 0 saturated carbocycles. The molecule has 1 aliphatic heterocycles. The number of hydrogen-bond donors (Lipinski definition) is 1. The van der Waals surface area contributed by atoms with E-state index in [0.717, 1.165) is 11.1 Å². The number of likely N-dealkylation sites (tertiary alicyclic amines) is 1. The summed E-state index contributed by atoms with van der Waals surface area (Å²) >= 11 is 0. The van der Waals surface area contributed by atoms with E-state index in [2.05, 4.69) is 5.10 Å². The number of benzene rings is 3. The van der Waals surface area contributed by atoms with Gasteiger partial charge in [0.05, 0.1) is 17.4 Å². The molecule has 3 aromatic carbocycles. The van der Waals surface area contributed by atoms with Gasteiger partial charge >= 0.3 is 6.61 Å². The summed E-state index contributed by atoms with van der Waals surface area (Å²) in [5.74, 6) is -0.118. The Morgan fingerprint density at radius 2 is 1.80 bits per heavy atom. The standard InChI is InChI=1S/C34H31F3N4O4/c1-19-13-25(44-30-6-4-3-5-28(30)35)7-8-29(19)41-33(38)27(18-39-41)32(43)24-14-22-16-26(21-9-11-40(12-10-21)20(2)42)31(45-34(36)37)17-23(22)15-24/h3-8,13,15-18,21,34H,9-12,14,38H2,1-2H3. The Morgan fingerprint density at radius 1 is 1.04 bits per heavy atom. The maximum absolute atomic E-state index is 14.0. The Kier molecular flexibility index (Phi) is 8.09. The number of anilines is 1. The summed E-state index contributed by atoms with van der Waals surface area (Å²) in [6.07, 6.45) is 4.64. The van der Waals surface area contributed by atoms with E-state index in [4.69, 9.17) is 15.2 Å². The fourth-order valence-corrected chi connectivity index (χ4v) is 6.04. The zero-order valence-electron chi connectivity index (χ0n) is 24.7. The highest BCUT2D eigenvalue weighted by atomic mass is 19.3. The third-order valence-corrected chi connectivity index (χ3v) is 8.38. The van der Waals surface area contributed by atoms with Crippen molar-refractivity contribution >= 4 is 23.6 Å². The number of ketones is 1. The molecular formula is C34H31F3N4O4. The quantitative estimate of drug-likeness (QED) is 0.218. The predicted molar refractivity (Wildman–Crippen MR) is 163 cm³/mol. The number of Topliss-reactive ketones (excluding diaryl/α,β-unsaturated/α-hetero) is 1. The molecule has 2 heterocycles. The van der Waals surface area contributed by atoms with Gasteiger partial charge in [0.1, 0.15) is 17.3 Å². The fraction of sp³-hybridized carbons (Fsp3) is 0.265. The number of aromatic nitrogens is 2. The summed E-state index contributed by atoms with van der Waals surface area (Å²) in [7, 11) is 0. The third kappa shape index (κ3) is 6.02. The van der Waals surface area contributed by atoms with E-state index >= 15 is 0 Å². The van der Waals surface area contributed by atoms with E-state index in [9.17, 15) is 22.8 Å². The van der Waals surface area contributed by atoms with E-state index in [1.54, 1.807) is 47.4 Å². The number of hydrogen-bond acceptors (Lipinski definition) is 6. The molecule has 0 bridgehead atoms. The molecule has 11 heteroatoms. The first-order chi connectivity index (χ1) is 21.6. The zero-order valence-corrected chi connectivity index (χ0v) is 24.7. The topological polar surface area (TPSA) is 99.7 Å². The molecule has 8 nitrogen and oxygen atoms in total. The van der Waals surface area contributed by atoms with Gasteiger partial charge < -0.3 is 20.1 Å². The van der Waals surface area contributed by atoms with Gasteiger partial charge in [-0.15, -0.1) is 0 Å². The van der Waals surface area contributed by atoms with Crippen LogP contribution < -0.4 is 15.2 Å². The average molecular weight is 617 g/mol. The van der Waals surface area contributed by atoms with Crippen molar-refractivity contribution in [3.8, 4) is 22.9 Å². The number of piperidine rings is 1. The van der Waals surface area contributed by atoms with Crippen molar-refractivity contribution < 1.29 is 32.2 Å². The van der Waals surface area contributed by atoms with E-state index in [0.29, 0.717) is 60.5 Å². The molecule has 45 heavy (non-hydrogen) atoms. The minimum Gasteiger partial charge on any atom is -0.454 e. The molecule has 2 N–H and O–H groups in total. The number of nitrogen functional groups attached to an aromatic ring is 1. The largest absolute Gasteiger partial charge is 0.454 e. The Hall–Kier alpha value is -5.06. The molecule has 1 aliphatic carbocycles. The highest BCUT2D eigenvalue weighted by Gasteiger charge is 2.29. The van der Waals surface area contributed by atoms with Crippen molar-refractivity contribution in [3.05, 3.63) is 100 Å². The number of nitrogens with zero attached hydrogens (tertiary/aromatic N) is 3. The van der Waals surface area contributed by atoms with Crippen LogP contribution in [0.4, 0.5) is 19.0 Å². The fourth-order valence-electron chi connectivity index (χ4n) is 6.04. The SMILES string of the molecule is CC(=O)N1CCC(c2cc3c(cc2OC(F)F)C=C(C(=O)c2cnn(-c4ccc(Oc5ccccc5F)cc4C)c2N)C3)CC1. The number of ether oxygens (including phenoxy) is 2. The molecule has 232 valence electrons. The highest BCUT2D eigenvalue weighted by Crippen LogP contribution is 2.40. The molecule has 6 rings (SSSR count). The minimum atomic E-state index is -3.00. The van der Waals surface area contributed by atoms with Crippen molar-refractivity contribution in [2.45, 2.75) is 45.6 Å². The lowest BCUT2D eigenvalue weighted by Crippen LogP contribution is -2.36. The predicted octanol–water partition coefficient (Wildman–Crippen LogP) is 6.84. The summed E-state index contributed by atoms with van der Waals surface area (Å²) < 4.78 is 52.8. The highest BCUT2D eigenvalue weighted by molar-refractivity contribution is 6.15. The van der Waals surface area contributed by atoms with Crippen LogP contribution >= 0.6 is 0 Å². The molecule has 0 unspecified atom stereocenters. The van der Waals surface area contributed by atoms with Crippen LogP contribution in [0, 0.1) is 12.7 Å². The molecule has 4 aromatic rings. The number of para-hydroxylation sites is 1. The van der Waals surface area contributed by atoms with Gasteiger partial charge in [-0.3, -0.25) is 9.59 Å². The van der Waals surface area contributed by atoms with Crippen molar-refractivity contribution in [2.75, 3.05) is 18.8 Å². The van der Waals surface area contributed by atoms with E-state index in [1.165, 1.54) is 29.9 Å². The molecule has 0 radical (unpaired) electrons. The first-order valence-corrected chi connectivity index (χ1v) is 14.6. The second-order valence-electron chi connectivity index (χ2n) is 11.3. The van der Waals surface area contributed by atoms with Gasteiger partial charge in [-0.25, -0.2) is 9.07 Å². The van der Waals surface area contributed by atoms with Crippen LogP contribution in [-0.4, -0.2) is 46.1 Å². The van der Waals surface area contributed by atoms with Crippen molar-refractivity contribution in [1.29, 1.82) is 0 Å². The van der Waals surface area contributed by atoms with E-state index in [1.807, 2.05) is 13.0 Å². The van der Waals surface area contributed by atoms with E-state index < -0.39 is 12.4 Å². The van der Waals surface area contributed by atoms with Gasteiger partial charge in [0, 0.05) is 32.0 Å². The van der Waals surface area contributed by atoms with E-state index in [-0.39, 0.29) is 40.5 Å². The maximum Gasteiger partial charge on any atom is 0.387 e. The number of carbonyl (C=O) groups excluding carboxylic acids is 2. The van der Waals surface area contributed by atoms with Crippen LogP contribution in [-0.2, 0) is 11.2 Å². The van der Waals surface area contributed by atoms with Crippen LogP contribution in [0.2, 0.25) is 0 Å². The number of fused-ring (bicyclic) bond motifs is 1. The summed E-state index contributed by atoms with van der Waals surface area (Å²) in [6, 6.07) is 14.6. The second kappa shape index (κ2) is 12.1. The maximum atomic E-state index is 14.0. The zero-order chi connectivity index (χ0) is 31.8. The number of alkyl halides is 2. The van der Waals surface area contributed by atoms with Gasteiger partial charge in [0.2, 0.25) is 5.91 Å². The molecule has 1 fully saturated rings. The number of halogens is 3. The minimum absolute atomic E-state index is 0.0117.